The van der Waals surface area contributed by atoms with Gasteiger partial charge >= 0.3 is 5.97 Å². The lowest BCUT2D eigenvalue weighted by atomic mass is 10.0. The lowest BCUT2D eigenvalue weighted by Gasteiger charge is -2.19. The van der Waals surface area contributed by atoms with Crippen LogP contribution in [-0.2, 0) is 4.79 Å². The largest absolute Gasteiger partial charge is 0.480 e. The van der Waals surface area contributed by atoms with Crippen molar-refractivity contribution in [3.63, 3.8) is 0 Å². The molecule has 2 atom stereocenters. The zero-order valence-electron chi connectivity index (χ0n) is 10.6. The Balaban J connectivity index is 2.80. The molecule has 0 spiro atoms. The third-order valence-electron chi connectivity index (χ3n) is 2.85. The molecule has 2 unspecified atom stereocenters. The Kier molecular flexibility index (Phi) is 5.56. The number of aliphatic carboxylic acids is 1. The molecule has 0 fully saturated rings. The fraction of sp³-hybridized carbons (Fsp3) is 0.500. The molecule has 0 aromatic heterocycles. The van der Waals surface area contributed by atoms with Gasteiger partial charge < -0.3 is 5.11 Å². The highest BCUT2D eigenvalue weighted by molar-refractivity contribution is 8.00. The molecule has 0 radical (unpaired) electrons. The van der Waals surface area contributed by atoms with Crippen LogP contribution in [0.1, 0.15) is 32.3 Å². The number of carboxylic acid groups (broad SMARTS) is 1. The minimum absolute atomic E-state index is 0.196. The fourth-order valence-electron chi connectivity index (χ4n) is 1.84. The van der Waals surface area contributed by atoms with Crippen LogP contribution in [0, 0.1) is 12.8 Å². The highest BCUT2D eigenvalue weighted by Gasteiger charge is 2.25. The molecule has 17 heavy (non-hydrogen) atoms. The third kappa shape index (κ3) is 4.08. The van der Waals surface area contributed by atoms with Gasteiger partial charge in [0.2, 0.25) is 0 Å². The van der Waals surface area contributed by atoms with E-state index in [4.69, 9.17) is 0 Å². The van der Waals surface area contributed by atoms with Gasteiger partial charge in [-0.1, -0.05) is 38.5 Å². The van der Waals surface area contributed by atoms with Gasteiger partial charge in [-0.25, -0.2) is 0 Å². The molecule has 0 bridgehead atoms. The first kappa shape index (κ1) is 14.1. The summed E-state index contributed by atoms with van der Waals surface area (Å²) in [5.41, 5.74) is 1.15. The molecule has 2 nitrogen and oxygen atoms in total. The number of benzene rings is 1. The smallest absolute Gasteiger partial charge is 0.317 e. The second-order valence-corrected chi connectivity index (χ2v) is 5.59. The lowest BCUT2D eigenvalue weighted by molar-refractivity contribution is -0.137. The Morgan fingerprint density at radius 2 is 2.06 bits per heavy atom. The highest BCUT2D eigenvalue weighted by atomic mass is 32.2. The lowest BCUT2D eigenvalue weighted by Crippen LogP contribution is -2.24. The molecular formula is C14H20O2S. The number of aryl methyl sites for hydroxylation is 1. The van der Waals surface area contributed by atoms with Gasteiger partial charge in [-0.05, 0) is 30.9 Å². The topological polar surface area (TPSA) is 37.3 Å². The average molecular weight is 252 g/mol. The summed E-state index contributed by atoms with van der Waals surface area (Å²) in [6.07, 6.45) is 1.98. The van der Waals surface area contributed by atoms with Crippen molar-refractivity contribution < 1.29 is 9.90 Å². The predicted octanol–water partition coefficient (Wildman–Crippen LogP) is 3.98. The van der Waals surface area contributed by atoms with Crippen LogP contribution in [0.4, 0.5) is 0 Å². The van der Waals surface area contributed by atoms with Crippen LogP contribution in [0.3, 0.4) is 0 Å². The minimum atomic E-state index is -0.709. The maximum absolute atomic E-state index is 11.3. The number of rotatable bonds is 6. The highest BCUT2D eigenvalue weighted by Crippen LogP contribution is 2.32. The van der Waals surface area contributed by atoms with Crippen molar-refractivity contribution in [2.75, 3.05) is 0 Å². The van der Waals surface area contributed by atoms with Crippen molar-refractivity contribution in [2.45, 2.75) is 43.8 Å². The summed E-state index contributed by atoms with van der Waals surface area (Å²) in [5, 5.41) is 8.95. The van der Waals surface area contributed by atoms with E-state index in [0.29, 0.717) is 0 Å². The summed E-state index contributed by atoms with van der Waals surface area (Å²) in [5.74, 6) is -0.513. The first-order valence-corrected chi connectivity index (χ1v) is 6.89. The van der Waals surface area contributed by atoms with Gasteiger partial charge in [0.15, 0.2) is 0 Å². The van der Waals surface area contributed by atoms with E-state index in [1.165, 1.54) is 11.8 Å². The van der Waals surface area contributed by atoms with Crippen LogP contribution >= 0.6 is 11.8 Å². The predicted molar refractivity (Wildman–Crippen MR) is 72.5 cm³/mol. The molecule has 94 valence electrons. The second-order valence-electron chi connectivity index (χ2n) is 4.41. The average Bonchev–Trinajstić information content (AvgIpc) is 2.27. The zero-order valence-corrected chi connectivity index (χ0v) is 11.5. The summed E-state index contributed by atoms with van der Waals surface area (Å²) < 4.78 is 0. The Morgan fingerprint density at radius 3 is 2.59 bits per heavy atom. The maximum atomic E-state index is 11.3. The van der Waals surface area contributed by atoms with Gasteiger partial charge in [0.05, 0.1) is 0 Å². The van der Waals surface area contributed by atoms with Crippen LogP contribution in [-0.4, -0.2) is 16.3 Å². The normalized spacial score (nSPS) is 14.3. The van der Waals surface area contributed by atoms with Crippen LogP contribution in [0.25, 0.3) is 0 Å². The minimum Gasteiger partial charge on any atom is -0.480 e. The third-order valence-corrected chi connectivity index (χ3v) is 4.48. The molecule has 0 saturated carbocycles. The Morgan fingerprint density at radius 1 is 1.41 bits per heavy atom. The van der Waals surface area contributed by atoms with E-state index in [1.54, 1.807) is 0 Å². The van der Waals surface area contributed by atoms with E-state index in [-0.39, 0.29) is 11.2 Å². The van der Waals surface area contributed by atoms with E-state index in [1.807, 2.05) is 38.1 Å². The first-order chi connectivity index (χ1) is 8.06. The molecule has 1 rings (SSSR count). The van der Waals surface area contributed by atoms with Crippen molar-refractivity contribution >= 4 is 17.7 Å². The van der Waals surface area contributed by atoms with Crippen LogP contribution in [0.15, 0.2) is 29.2 Å². The van der Waals surface area contributed by atoms with E-state index >= 15 is 0 Å². The molecule has 0 saturated heterocycles. The molecule has 0 aliphatic carbocycles. The molecule has 0 heterocycles. The van der Waals surface area contributed by atoms with Gasteiger partial charge in [-0.3, -0.25) is 4.79 Å². The van der Waals surface area contributed by atoms with Crippen LogP contribution < -0.4 is 0 Å². The fourth-order valence-corrected chi connectivity index (χ4v) is 3.00. The van der Waals surface area contributed by atoms with E-state index in [0.717, 1.165) is 23.3 Å². The van der Waals surface area contributed by atoms with E-state index < -0.39 is 5.97 Å². The van der Waals surface area contributed by atoms with Gasteiger partial charge in [0, 0.05) is 4.90 Å². The maximum Gasteiger partial charge on any atom is 0.317 e. The van der Waals surface area contributed by atoms with Gasteiger partial charge in [-0.2, -0.15) is 0 Å². The number of hydrogen-bond acceptors (Lipinski definition) is 2. The van der Waals surface area contributed by atoms with Crippen molar-refractivity contribution in [3.8, 4) is 0 Å². The summed E-state index contributed by atoms with van der Waals surface area (Å²) in [6.45, 7) is 6.13. The van der Waals surface area contributed by atoms with Gasteiger partial charge in [-0.15, -0.1) is 11.8 Å². The summed E-state index contributed by atoms with van der Waals surface area (Å²) >= 11 is 1.47. The Hall–Kier alpha value is -0.960. The molecule has 0 amide bonds. The van der Waals surface area contributed by atoms with Crippen molar-refractivity contribution in [1.82, 2.24) is 0 Å². The standard InChI is InChI=1S/C14H20O2S/c1-4-7-11(3)13(14(15)16)17-12-9-6-5-8-10(12)2/h5-6,8-9,11,13H,4,7H2,1-3H3,(H,15,16). The van der Waals surface area contributed by atoms with Crippen LogP contribution in [0.5, 0.6) is 0 Å². The molecule has 1 aromatic rings. The zero-order chi connectivity index (χ0) is 12.8. The molecule has 0 aliphatic rings. The first-order valence-electron chi connectivity index (χ1n) is 6.01. The molecule has 3 heteroatoms. The molecular weight excluding hydrogens is 232 g/mol. The second kappa shape index (κ2) is 6.70. The van der Waals surface area contributed by atoms with Crippen molar-refractivity contribution in [3.05, 3.63) is 29.8 Å². The molecule has 1 N–H and O–H groups in total. The molecule has 0 aliphatic heterocycles. The number of hydrogen-bond donors (Lipinski definition) is 1. The van der Waals surface area contributed by atoms with E-state index in [9.17, 15) is 9.90 Å². The van der Waals surface area contributed by atoms with Gasteiger partial charge in [0.1, 0.15) is 5.25 Å². The van der Waals surface area contributed by atoms with E-state index in [2.05, 4.69) is 6.92 Å². The molecule has 1 aromatic carbocycles. The SMILES string of the molecule is CCCC(C)C(Sc1ccccc1C)C(=O)O. The summed E-state index contributed by atoms with van der Waals surface area (Å²) in [6, 6.07) is 7.95. The number of carboxylic acids is 1. The van der Waals surface area contributed by atoms with Crippen molar-refractivity contribution in [1.29, 1.82) is 0 Å². The van der Waals surface area contributed by atoms with Crippen LogP contribution in [0.2, 0.25) is 0 Å². The quantitative estimate of drug-likeness (QED) is 0.778. The number of carbonyl (C=O) groups is 1. The monoisotopic (exact) mass is 252 g/mol. The van der Waals surface area contributed by atoms with Crippen molar-refractivity contribution in [2.24, 2.45) is 5.92 Å². The Bertz CT molecular complexity index is 376. The number of thioether (sulfide) groups is 1. The van der Waals surface area contributed by atoms with Gasteiger partial charge in [0.25, 0.3) is 0 Å². The summed E-state index contributed by atoms with van der Waals surface area (Å²) in [7, 11) is 0. The Labute approximate surface area is 107 Å². The summed E-state index contributed by atoms with van der Waals surface area (Å²) in [4.78, 5) is 12.4.